The summed E-state index contributed by atoms with van der Waals surface area (Å²) in [6, 6.07) is 15.3. The maximum absolute atomic E-state index is 13.8. The quantitative estimate of drug-likeness (QED) is 0.509. The molecule has 2 aromatic carbocycles. The molecule has 2 heterocycles. The zero-order chi connectivity index (χ0) is 25.0. The van der Waals surface area contributed by atoms with Crippen LogP contribution in [-0.2, 0) is 4.79 Å². The summed E-state index contributed by atoms with van der Waals surface area (Å²) in [4.78, 5) is 30.6. The zero-order valence-electron chi connectivity index (χ0n) is 18.5. The highest BCUT2D eigenvalue weighted by Gasteiger charge is 2.42. The largest absolute Gasteiger partial charge is 0.343 e. The number of nitrogens with one attached hydrogen (secondary N) is 1. The smallest absolute Gasteiger partial charge is 0.265 e. The van der Waals surface area contributed by atoms with E-state index in [0.717, 1.165) is 16.0 Å². The van der Waals surface area contributed by atoms with Crippen molar-refractivity contribution in [2.75, 3.05) is 13.1 Å². The first-order chi connectivity index (χ1) is 16.8. The van der Waals surface area contributed by atoms with Crippen LogP contribution < -0.4 is 5.32 Å². The Bertz CT molecular complexity index is 1340. The number of alkyl halides is 2. The second-order valence-corrected chi connectivity index (χ2v) is 8.70. The van der Waals surface area contributed by atoms with E-state index in [0.29, 0.717) is 21.5 Å². The lowest BCUT2D eigenvalue weighted by Crippen LogP contribution is -2.53. The van der Waals surface area contributed by atoms with Gasteiger partial charge in [-0.25, -0.2) is 8.78 Å². The van der Waals surface area contributed by atoms with Crippen LogP contribution in [0.3, 0.4) is 0 Å². The summed E-state index contributed by atoms with van der Waals surface area (Å²) in [5.74, 6) is -4.32. The molecule has 0 spiro atoms. The summed E-state index contributed by atoms with van der Waals surface area (Å²) in [7, 11) is 0. The highest BCUT2D eigenvalue weighted by atomic mass is 35.5. The number of aromatic nitrogens is 1. The van der Waals surface area contributed by atoms with E-state index in [9.17, 15) is 23.6 Å². The monoisotopic (exact) mass is 494 g/mol. The molecule has 1 aromatic heterocycles. The molecule has 1 saturated heterocycles. The lowest BCUT2D eigenvalue weighted by molar-refractivity contribution is -0.143. The van der Waals surface area contributed by atoms with E-state index in [1.54, 1.807) is 18.2 Å². The van der Waals surface area contributed by atoms with Gasteiger partial charge in [0.15, 0.2) is 0 Å². The SMILES string of the molecule is N#CC1CCC(F)(F)CN1C(=O)CNC(=O)c1ccnc2ccc(C=Cc3ccc(Cl)cc3)cc12. The molecular formula is C26H21ClF2N4O2. The van der Waals surface area contributed by atoms with Crippen molar-refractivity contribution in [3.63, 3.8) is 0 Å². The topological polar surface area (TPSA) is 86.1 Å². The highest BCUT2D eigenvalue weighted by Crippen LogP contribution is 2.30. The Kier molecular flexibility index (Phi) is 7.08. The number of pyridine rings is 1. The number of halogens is 3. The molecule has 0 radical (unpaired) electrons. The van der Waals surface area contributed by atoms with Gasteiger partial charge in [0.05, 0.1) is 30.2 Å². The van der Waals surface area contributed by atoms with Gasteiger partial charge in [0.2, 0.25) is 5.91 Å². The number of rotatable bonds is 5. The molecule has 1 N–H and O–H groups in total. The standard InChI is InChI=1S/C26H21ClF2N4O2/c27-19-6-3-17(4-7-19)1-2-18-5-8-23-22(13-18)21(10-12-31-23)25(35)32-15-24(34)33-16-26(28,29)11-9-20(33)14-30/h1-8,10,12-13,20H,9,11,15-16H2,(H,32,35). The molecule has 2 amide bonds. The minimum atomic E-state index is -3.05. The fraction of sp³-hybridized carbons (Fsp3) is 0.231. The summed E-state index contributed by atoms with van der Waals surface area (Å²) in [6.07, 6.45) is 4.73. The van der Waals surface area contributed by atoms with Crippen LogP contribution in [0.2, 0.25) is 5.02 Å². The van der Waals surface area contributed by atoms with E-state index in [1.807, 2.05) is 42.5 Å². The van der Waals surface area contributed by atoms with Crippen molar-refractivity contribution < 1.29 is 18.4 Å². The number of fused-ring (bicyclic) bond motifs is 1. The van der Waals surface area contributed by atoms with Gasteiger partial charge in [-0.3, -0.25) is 14.6 Å². The minimum absolute atomic E-state index is 0.107. The van der Waals surface area contributed by atoms with E-state index in [1.165, 1.54) is 12.3 Å². The van der Waals surface area contributed by atoms with Crippen molar-refractivity contribution in [2.24, 2.45) is 0 Å². The van der Waals surface area contributed by atoms with E-state index < -0.39 is 43.3 Å². The lowest BCUT2D eigenvalue weighted by Gasteiger charge is -2.36. The van der Waals surface area contributed by atoms with Gasteiger partial charge in [-0.1, -0.05) is 42.0 Å². The molecule has 9 heteroatoms. The van der Waals surface area contributed by atoms with Gasteiger partial charge in [-0.15, -0.1) is 0 Å². The van der Waals surface area contributed by atoms with Crippen molar-refractivity contribution in [2.45, 2.75) is 24.8 Å². The predicted molar refractivity (Wildman–Crippen MR) is 130 cm³/mol. The molecule has 1 atom stereocenters. The Hall–Kier alpha value is -3.83. The molecule has 6 nitrogen and oxygen atoms in total. The molecular weight excluding hydrogens is 474 g/mol. The van der Waals surface area contributed by atoms with Crippen LogP contribution in [0.5, 0.6) is 0 Å². The van der Waals surface area contributed by atoms with Crippen LogP contribution in [0.15, 0.2) is 54.7 Å². The number of amides is 2. The predicted octanol–water partition coefficient (Wildman–Crippen LogP) is 4.94. The number of nitriles is 1. The van der Waals surface area contributed by atoms with E-state index >= 15 is 0 Å². The molecule has 178 valence electrons. The number of nitrogens with zero attached hydrogens (tertiary/aromatic N) is 3. The Morgan fingerprint density at radius 3 is 2.63 bits per heavy atom. The lowest BCUT2D eigenvalue weighted by atomic mass is 10.00. The molecule has 1 fully saturated rings. The average Bonchev–Trinajstić information content (AvgIpc) is 2.85. The van der Waals surface area contributed by atoms with Crippen LogP contribution >= 0.6 is 11.6 Å². The van der Waals surface area contributed by atoms with Crippen LogP contribution in [0.4, 0.5) is 8.78 Å². The first kappa shape index (κ1) is 24.3. The van der Waals surface area contributed by atoms with Gasteiger partial charge in [-0.05, 0) is 47.9 Å². The Morgan fingerprint density at radius 1 is 1.17 bits per heavy atom. The van der Waals surface area contributed by atoms with Gasteiger partial charge in [-0.2, -0.15) is 5.26 Å². The van der Waals surface area contributed by atoms with Crippen molar-refractivity contribution in [1.29, 1.82) is 5.26 Å². The molecule has 1 unspecified atom stereocenters. The number of piperidine rings is 1. The van der Waals surface area contributed by atoms with Crippen molar-refractivity contribution in [1.82, 2.24) is 15.2 Å². The summed E-state index contributed by atoms with van der Waals surface area (Å²) in [6.45, 7) is -1.32. The number of benzene rings is 2. The van der Waals surface area contributed by atoms with Gasteiger partial charge in [0.1, 0.15) is 6.04 Å². The van der Waals surface area contributed by atoms with Gasteiger partial charge >= 0.3 is 0 Å². The minimum Gasteiger partial charge on any atom is -0.343 e. The zero-order valence-corrected chi connectivity index (χ0v) is 19.3. The highest BCUT2D eigenvalue weighted by molar-refractivity contribution is 6.30. The first-order valence-corrected chi connectivity index (χ1v) is 11.3. The van der Waals surface area contributed by atoms with Gasteiger partial charge < -0.3 is 10.2 Å². The maximum Gasteiger partial charge on any atom is 0.265 e. The molecule has 1 aliphatic rings. The number of carbonyl (C=O) groups is 2. The van der Waals surface area contributed by atoms with Crippen molar-refractivity contribution >= 4 is 46.5 Å². The summed E-state index contributed by atoms with van der Waals surface area (Å²) < 4.78 is 27.6. The third-order valence-corrected chi connectivity index (χ3v) is 6.03. The molecule has 3 aromatic rings. The second kappa shape index (κ2) is 10.2. The number of hydrogen-bond donors (Lipinski definition) is 1. The fourth-order valence-corrected chi connectivity index (χ4v) is 4.05. The number of likely N-dealkylation sites (tertiary alicyclic amines) is 1. The summed E-state index contributed by atoms with van der Waals surface area (Å²) in [5.41, 5.74) is 2.67. The molecule has 0 bridgehead atoms. The maximum atomic E-state index is 13.8. The van der Waals surface area contributed by atoms with Crippen LogP contribution in [-0.4, -0.2) is 46.8 Å². The molecule has 4 rings (SSSR count). The van der Waals surface area contributed by atoms with E-state index in [4.69, 9.17) is 11.6 Å². The Morgan fingerprint density at radius 2 is 1.89 bits per heavy atom. The number of carbonyl (C=O) groups excluding carboxylic acids is 2. The van der Waals surface area contributed by atoms with E-state index in [2.05, 4.69) is 10.3 Å². The molecule has 0 saturated carbocycles. The fourth-order valence-electron chi connectivity index (χ4n) is 3.92. The molecule has 35 heavy (non-hydrogen) atoms. The Balaban J connectivity index is 1.50. The molecule has 0 aliphatic carbocycles. The summed E-state index contributed by atoms with van der Waals surface area (Å²) >= 11 is 5.92. The number of hydrogen-bond acceptors (Lipinski definition) is 4. The van der Waals surface area contributed by atoms with Gasteiger partial charge in [0.25, 0.3) is 11.8 Å². The first-order valence-electron chi connectivity index (χ1n) is 10.9. The summed E-state index contributed by atoms with van der Waals surface area (Å²) in [5, 5.41) is 12.9. The van der Waals surface area contributed by atoms with Crippen LogP contribution in [0.1, 0.15) is 34.3 Å². The second-order valence-electron chi connectivity index (χ2n) is 8.26. The van der Waals surface area contributed by atoms with Crippen molar-refractivity contribution in [3.8, 4) is 6.07 Å². The van der Waals surface area contributed by atoms with Crippen LogP contribution in [0.25, 0.3) is 23.1 Å². The average molecular weight is 495 g/mol. The van der Waals surface area contributed by atoms with Crippen molar-refractivity contribution in [3.05, 3.63) is 76.4 Å². The van der Waals surface area contributed by atoms with E-state index in [-0.39, 0.29) is 6.42 Å². The Labute approximate surface area is 205 Å². The van der Waals surface area contributed by atoms with Crippen LogP contribution in [0, 0.1) is 11.3 Å². The van der Waals surface area contributed by atoms with Gasteiger partial charge in [0, 0.05) is 23.0 Å². The normalized spacial score (nSPS) is 17.3. The third-order valence-electron chi connectivity index (χ3n) is 5.78. The third kappa shape index (κ3) is 5.81. The molecule has 1 aliphatic heterocycles.